The molecule has 0 unspecified atom stereocenters. The van der Waals surface area contributed by atoms with Crippen molar-refractivity contribution in [3.8, 4) is 11.5 Å². The van der Waals surface area contributed by atoms with Gasteiger partial charge in [0.2, 0.25) is 0 Å². The maximum absolute atomic E-state index is 12.3. The van der Waals surface area contributed by atoms with E-state index < -0.39 is 0 Å². The average molecular weight is 971 g/mol. The number of aromatic nitrogens is 8. The highest BCUT2D eigenvalue weighted by molar-refractivity contribution is 5.71. The van der Waals surface area contributed by atoms with Crippen LogP contribution in [0.15, 0.2) is 85.7 Å². The van der Waals surface area contributed by atoms with Crippen molar-refractivity contribution in [1.82, 2.24) is 39.0 Å². The first-order valence-electron chi connectivity index (χ1n) is 24.7. The zero-order valence-electron chi connectivity index (χ0n) is 43.8. The highest BCUT2D eigenvalue weighted by Crippen LogP contribution is 2.45. The third-order valence-corrected chi connectivity index (χ3v) is 13.8. The predicted molar refractivity (Wildman–Crippen MR) is 272 cm³/mol. The molecule has 2 aromatic carbocycles. The zero-order valence-corrected chi connectivity index (χ0v) is 43.8. The lowest BCUT2D eigenvalue weighted by atomic mass is 9.67. The van der Waals surface area contributed by atoms with Crippen LogP contribution in [-0.4, -0.2) is 74.4 Å². The molecule has 8 rings (SSSR count). The average Bonchev–Trinajstić information content (AvgIpc) is 3.97. The molecular weight excluding hydrogens is 897 g/mol. The fourth-order valence-electron chi connectivity index (χ4n) is 9.23. The Kier molecular flexibility index (Phi) is 17.2. The minimum Gasteiger partial charge on any atom is -0.508 e. The number of imidazole rings is 2. The van der Waals surface area contributed by atoms with E-state index in [-0.39, 0.29) is 70.6 Å². The summed E-state index contributed by atoms with van der Waals surface area (Å²) < 4.78 is 20.1. The van der Waals surface area contributed by atoms with E-state index >= 15 is 0 Å². The summed E-state index contributed by atoms with van der Waals surface area (Å²) in [6.45, 7) is 22.5. The molecule has 71 heavy (non-hydrogen) atoms. The number of carbonyl (C=O) groups is 2. The third kappa shape index (κ3) is 13.3. The molecule has 380 valence electrons. The number of carbonyl (C=O) groups excluding carboxylic acids is 2. The molecule has 6 aromatic rings. The number of aromatic hydroxyl groups is 1. The summed E-state index contributed by atoms with van der Waals surface area (Å²) in [6, 6.07) is 14.6. The lowest BCUT2D eigenvalue weighted by molar-refractivity contribution is -0.144. The van der Waals surface area contributed by atoms with E-state index in [2.05, 4.69) is 75.3 Å². The number of aliphatic hydroxyl groups excluding tert-OH is 1. The van der Waals surface area contributed by atoms with Crippen molar-refractivity contribution in [3.63, 3.8) is 0 Å². The van der Waals surface area contributed by atoms with Crippen LogP contribution in [0.25, 0.3) is 0 Å². The Morgan fingerprint density at radius 1 is 0.592 bits per heavy atom. The third-order valence-electron chi connectivity index (χ3n) is 13.8. The Bertz CT molecular complexity index is 2720. The maximum atomic E-state index is 12.3. The van der Waals surface area contributed by atoms with Gasteiger partial charge in [-0.15, -0.1) is 0 Å². The van der Waals surface area contributed by atoms with Crippen LogP contribution in [0.3, 0.4) is 0 Å². The summed E-state index contributed by atoms with van der Waals surface area (Å²) >= 11 is 0. The molecule has 4 aromatic heterocycles. The van der Waals surface area contributed by atoms with E-state index in [9.17, 15) is 14.7 Å². The van der Waals surface area contributed by atoms with Crippen molar-refractivity contribution in [2.24, 2.45) is 14.1 Å². The molecule has 2 N–H and O–H groups in total. The summed E-state index contributed by atoms with van der Waals surface area (Å²) in [6.07, 6.45) is 15.6. The Morgan fingerprint density at radius 2 is 0.986 bits per heavy atom. The molecular formula is C56H74N8O7. The highest BCUT2D eigenvalue weighted by atomic mass is 16.5. The number of aryl methyl sites for hydroxylation is 2. The molecule has 0 spiro atoms. The fourth-order valence-corrected chi connectivity index (χ4v) is 9.23. The van der Waals surface area contributed by atoms with E-state index in [1.807, 2.05) is 73.0 Å². The van der Waals surface area contributed by atoms with Crippen molar-refractivity contribution in [2.45, 2.75) is 154 Å². The molecule has 0 radical (unpaired) electrons. The van der Waals surface area contributed by atoms with Crippen molar-refractivity contribution in [3.05, 3.63) is 143 Å². The zero-order chi connectivity index (χ0) is 51.7. The number of hydrogen-bond donors (Lipinski definition) is 2. The van der Waals surface area contributed by atoms with E-state index in [1.165, 1.54) is 0 Å². The second-order valence-electron chi connectivity index (χ2n) is 21.2. The molecule has 0 fully saturated rings. The largest absolute Gasteiger partial charge is 0.508 e. The second-order valence-corrected chi connectivity index (χ2v) is 21.2. The van der Waals surface area contributed by atoms with E-state index in [1.54, 1.807) is 49.8 Å². The number of fused-ring (bicyclic) bond motifs is 2. The van der Waals surface area contributed by atoms with Crippen molar-refractivity contribution < 1.29 is 34.0 Å². The number of benzene rings is 2. The molecule has 0 amide bonds. The maximum Gasteiger partial charge on any atom is 0.306 e. The lowest BCUT2D eigenvalue weighted by Gasteiger charge is -2.39. The van der Waals surface area contributed by atoms with Crippen LogP contribution in [0.4, 0.5) is 0 Å². The van der Waals surface area contributed by atoms with Crippen LogP contribution in [0.2, 0.25) is 0 Å². The van der Waals surface area contributed by atoms with Gasteiger partial charge in [0.1, 0.15) is 29.8 Å². The second kappa shape index (κ2) is 22.7. The quantitative estimate of drug-likeness (QED) is 0.0983. The van der Waals surface area contributed by atoms with Crippen LogP contribution in [-0.2, 0) is 68.0 Å². The lowest BCUT2D eigenvalue weighted by Crippen LogP contribution is -2.36. The summed E-state index contributed by atoms with van der Waals surface area (Å²) in [5, 5.41) is 18.5. The number of esters is 2. The number of rotatable bonds is 14. The van der Waals surface area contributed by atoms with E-state index in [4.69, 9.17) is 29.3 Å². The van der Waals surface area contributed by atoms with Crippen LogP contribution in [0, 0.1) is 0 Å². The van der Waals surface area contributed by atoms with Crippen molar-refractivity contribution >= 4 is 11.9 Å². The standard InChI is InChI=1S/C28H36N4O3.C15H18N2O3.C13H20N2O/c1-7-34-23(33)16-22(26-29-14-15-32(26)6)19-8-10-21(11-9-19)35-18-20-17-30-24-25(31-20)28(4,5)13-12-27(24,2)3;1-3-20-14(19)10-13(15-16-8-9-17(15)2)11-4-6-12(18)7-5-11;1-12(2)5-6-13(3,4)11-10(12)14-7-9(8-16)15-11/h8-11,14-15,17,22H,7,12-13,16,18H2,1-6H3;4-9,13,18H,3,10H2,1-2H3;7,16H,5-6,8H2,1-4H3/t22-;13-;/m00./s1. The van der Waals surface area contributed by atoms with Crippen LogP contribution in [0.5, 0.6) is 11.5 Å². The molecule has 2 aliphatic rings. The first-order chi connectivity index (χ1) is 33.6. The van der Waals surface area contributed by atoms with Gasteiger partial charge in [0.05, 0.1) is 91.1 Å². The molecule has 15 heteroatoms. The van der Waals surface area contributed by atoms with Gasteiger partial charge in [0.25, 0.3) is 0 Å². The van der Waals surface area contributed by atoms with Crippen molar-refractivity contribution in [1.29, 1.82) is 0 Å². The number of aliphatic hydroxyl groups is 1. The molecule has 2 aliphatic carbocycles. The fraction of sp³-hybridized carbons (Fsp3) is 0.500. The molecule has 15 nitrogen and oxygen atoms in total. The molecule has 0 saturated carbocycles. The molecule has 0 bridgehead atoms. The number of phenolic OH excluding ortho intramolecular Hbond substituents is 1. The highest BCUT2D eigenvalue weighted by Gasteiger charge is 2.41. The summed E-state index contributed by atoms with van der Waals surface area (Å²) in [5.41, 5.74) is 7.98. The van der Waals surface area contributed by atoms with Gasteiger partial charge in [-0.3, -0.25) is 29.5 Å². The summed E-state index contributed by atoms with van der Waals surface area (Å²) in [4.78, 5) is 51.7. The minimum atomic E-state index is -0.256. The van der Waals surface area contributed by atoms with E-state index in [0.29, 0.717) is 25.5 Å². The Labute approximate surface area is 419 Å². The SMILES string of the molecule is CC1(C)CCC(C)(C)c2nc(CO)cnc21.CCOC(=O)C[C@@H](c1ccc(O)cc1)c1nccn1C.CCOC(=O)C[C@@H](c1ccc(OCc2cnc3c(n2)C(C)(C)CCC3(C)C)cc1)c1nccn1C. The van der Waals surface area contributed by atoms with E-state index in [0.717, 1.165) is 82.7 Å². The molecule has 0 aliphatic heterocycles. The molecule has 4 heterocycles. The number of phenols is 1. The summed E-state index contributed by atoms with van der Waals surface area (Å²) in [5.74, 6) is 1.68. The first-order valence-corrected chi connectivity index (χ1v) is 24.7. The van der Waals surface area contributed by atoms with Gasteiger partial charge in [-0.1, -0.05) is 79.7 Å². The van der Waals surface area contributed by atoms with Gasteiger partial charge in [-0.2, -0.15) is 0 Å². The Hall–Kier alpha value is -6.48. The van der Waals surface area contributed by atoms with Gasteiger partial charge in [-0.25, -0.2) is 9.97 Å². The smallest absolute Gasteiger partial charge is 0.306 e. The number of nitrogens with zero attached hydrogens (tertiary/aromatic N) is 8. The van der Waals surface area contributed by atoms with Crippen LogP contribution in [0.1, 0.15) is 177 Å². The molecule has 0 saturated heterocycles. The van der Waals surface area contributed by atoms with Gasteiger partial charge >= 0.3 is 11.9 Å². The molecule has 2 atom stereocenters. The van der Waals surface area contributed by atoms with Gasteiger partial charge in [0, 0.05) is 60.5 Å². The predicted octanol–water partition coefficient (Wildman–Crippen LogP) is 9.75. The Balaban J connectivity index is 0.000000193. The number of hydrogen-bond acceptors (Lipinski definition) is 13. The summed E-state index contributed by atoms with van der Waals surface area (Å²) in [7, 11) is 3.82. The van der Waals surface area contributed by atoms with Gasteiger partial charge in [0.15, 0.2) is 0 Å². The van der Waals surface area contributed by atoms with Crippen LogP contribution >= 0.6 is 0 Å². The number of ether oxygens (including phenoxy) is 3. The van der Waals surface area contributed by atoms with Crippen LogP contribution < -0.4 is 4.74 Å². The van der Waals surface area contributed by atoms with Gasteiger partial charge in [-0.05, 0) is 74.9 Å². The monoisotopic (exact) mass is 971 g/mol. The minimum absolute atomic E-state index is 0.00836. The topological polar surface area (TPSA) is 189 Å². The normalized spacial score (nSPS) is 16.6. The van der Waals surface area contributed by atoms with Gasteiger partial charge < -0.3 is 33.6 Å². The Morgan fingerprint density at radius 3 is 1.38 bits per heavy atom. The van der Waals surface area contributed by atoms with Crippen molar-refractivity contribution in [2.75, 3.05) is 13.2 Å². The first kappa shape index (κ1) is 53.9.